The molecule has 0 radical (unpaired) electrons. The molecule has 0 bridgehead atoms. The second-order valence-corrected chi connectivity index (χ2v) is 5.93. The van der Waals surface area contributed by atoms with Gasteiger partial charge in [0.25, 0.3) is 0 Å². The predicted octanol–water partition coefficient (Wildman–Crippen LogP) is 3.70. The molecule has 1 aromatic carbocycles. The fourth-order valence-corrected chi connectivity index (χ4v) is 3.32. The van der Waals surface area contributed by atoms with Crippen LogP contribution in [0.1, 0.15) is 49.7 Å². The minimum Gasteiger partial charge on any atom is -0.493 e. The Morgan fingerprint density at radius 1 is 1.26 bits per heavy atom. The van der Waals surface area contributed by atoms with Crippen molar-refractivity contribution >= 4 is 5.78 Å². The van der Waals surface area contributed by atoms with Gasteiger partial charge in [-0.2, -0.15) is 0 Å². The lowest BCUT2D eigenvalue weighted by Crippen LogP contribution is -2.06. The number of ether oxygens (including phenoxy) is 1. The molecule has 2 aliphatic rings. The topological polar surface area (TPSA) is 26.3 Å². The number of aryl methyl sites for hydroxylation is 1. The van der Waals surface area contributed by atoms with Crippen LogP contribution in [-0.4, -0.2) is 12.4 Å². The lowest BCUT2D eigenvalue weighted by Gasteiger charge is -2.08. The van der Waals surface area contributed by atoms with E-state index < -0.39 is 0 Å². The third-order valence-electron chi connectivity index (χ3n) is 4.44. The number of carbonyl (C=O) groups is 1. The summed E-state index contributed by atoms with van der Waals surface area (Å²) in [6, 6.07) is 6.37. The number of benzene rings is 1. The number of fused-ring (bicyclic) bond motifs is 1. The Balaban J connectivity index is 1.50. The smallest absolute Gasteiger partial charge is 0.133 e. The van der Waals surface area contributed by atoms with Crippen molar-refractivity contribution in [3.05, 3.63) is 29.3 Å². The van der Waals surface area contributed by atoms with Crippen molar-refractivity contribution in [2.24, 2.45) is 5.92 Å². The predicted molar refractivity (Wildman–Crippen MR) is 75.5 cm³/mol. The van der Waals surface area contributed by atoms with Crippen molar-refractivity contribution in [2.45, 2.75) is 51.4 Å². The van der Waals surface area contributed by atoms with Gasteiger partial charge in [0.15, 0.2) is 0 Å². The number of hydrogen-bond acceptors (Lipinski definition) is 2. The molecule has 1 aliphatic heterocycles. The largest absolute Gasteiger partial charge is 0.493 e. The quantitative estimate of drug-likeness (QED) is 0.805. The van der Waals surface area contributed by atoms with Crippen LogP contribution < -0.4 is 4.74 Å². The van der Waals surface area contributed by atoms with E-state index >= 15 is 0 Å². The van der Waals surface area contributed by atoms with Gasteiger partial charge in [-0.25, -0.2) is 0 Å². The second kappa shape index (κ2) is 5.77. The van der Waals surface area contributed by atoms with E-state index in [2.05, 4.69) is 18.2 Å². The molecule has 2 nitrogen and oxygen atoms in total. The van der Waals surface area contributed by atoms with Gasteiger partial charge in [0.1, 0.15) is 11.5 Å². The third kappa shape index (κ3) is 3.17. The zero-order valence-electron chi connectivity index (χ0n) is 11.5. The first-order valence-electron chi connectivity index (χ1n) is 7.57. The van der Waals surface area contributed by atoms with Crippen molar-refractivity contribution in [2.75, 3.05) is 6.61 Å². The normalized spacial score (nSPS) is 18.3. The number of rotatable bonds is 5. The Kier molecular flexibility index (Phi) is 3.86. The monoisotopic (exact) mass is 258 g/mol. The van der Waals surface area contributed by atoms with Gasteiger partial charge in [0.2, 0.25) is 0 Å². The fourth-order valence-electron chi connectivity index (χ4n) is 3.32. The van der Waals surface area contributed by atoms with Gasteiger partial charge in [-0.05, 0) is 29.5 Å². The molecular formula is C17H22O2. The zero-order valence-corrected chi connectivity index (χ0v) is 11.5. The van der Waals surface area contributed by atoms with Gasteiger partial charge in [0.05, 0.1) is 6.61 Å². The van der Waals surface area contributed by atoms with E-state index in [4.69, 9.17) is 4.74 Å². The van der Waals surface area contributed by atoms with Gasteiger partial charge in [-0.1, -0.05) is 37.8 Å². The van der Waals surface area contributed by atoms with Crippen LogP contribution in [0.4, 0.5) is 0 Å². The van der Waals surface area contributed by atoms with Crippen LogP contribution in [0.5, 0.6) is 5.75 Å². The molecule has 2 heteroatoms. The Hall–Kier alpha value is -1.31. The Labute approximate surface area is 115 Å². The van der Waals surface area contributed by atoms with E-state index in [1.54, 1.807) is 0 Å². The van der Waals surface area contributed by atoms with Crippen molar-refractivity contribution < 1.29 is 9.53 Å². The summed E-state index contributed by atoms with van der Waals surface area (Å²) < 4.78 is 5.50. The van der Waals surface area contributed by atoms with Gasteiger partial charge in [-0.15, -0.1) is 0 Å². The first-order chi connectivity index (χ1) is 9.31. The minimum absolute atomic E-state index is 0.448. The highest BCUT2D eigenvalue weighted by molar-refractivity contribution is 5.78. The third-order valence-corrected chi connectivity index (χ3v) is 4.44. The maximum absolute atomic E-state index is 12.0. The molecule has 0 aromatic heterocycles. The molecule has 1 heterocycles. The van der Waals surface area contributed by atoms with Crippen molar-refractivity contribution in [1.82, 2.24) is 0 Å². The Morgan fingerprint density at radius 2 is 2.11 bits per heavy atom. The van der Waals surface area contributed by atoms with Crippen LogP contribution in [0.3, 0.4) is 0 Å². The molecule has 1 aliphatic carbocycles. The lowest BCUT2D eigenvalue weighted by atomic mass is 9.97. The van der Waals surface area contributed by atoms with Crippen LogP contribution in [0, 0.1) is 5.92 Å². The molecule has 1 aromatic rings. The maximum atomic E-state index is 12.0. The summed E-state index contributed by atoms with van der Waals surface area (Å²) in [4.78, 5) is 12.0. The molecular weight excluding hydrogens is 236 g/mol. The summed E-state index contributed by atoms with van der Waals surface area (Å²) in [5.41, 5.74) is 2.59. The molecule has 0 amide bonds. The van der Waals surface area contributed by atoms with Crippen LogP contribution in [-0.2, 0) is 17.6 Å². The summed E-state index contributed by atoms with van der Waals surface area (Å²) in [5, 5.41) is 0. The van der Waals surface area contributed by atoms with Crippen LogP contribution in [0.2, 0.25) is 0 Å². The van der Waals surface area contributed by atoms with E-state index in [1.165, 1.54) is 36.8 Å². The minimum atomic E-state index is 0.448. The number of Topliss-reactive ketones (excluding diaryl/α,β-unsaturated/α-hetero) is 1. The molecule has 3 rings (SSSR count). The molecule has 0 spiro atoms. The molecule has 0 atom stereocenters. The van der Waals surface area contributed by atoms with E-state index in [1.807, 2.05) is 0 Å². The Morgan fingerprint density at radius 3 is 2.95 bits per heavy atom. The SMILES string of the molecule is O=C(CCc1ccc2c(c1)CCO2)CC1CCCC1. The molecule has 1 saturated carbocycles. The number of ketones is 1. The molecule has 102 valence electrons. The van der Waals surface area contributed by atoms with Gasteiger partial charge in [0, 0.05) is 19.3 Å². The zero-order chi connectivity index (χ0) is 13.1. The average molecular weight is 258 g/mol. The van der Waals surface area contributed by atoms with Crippen molar-refractivity contribution in [3.63, 3.8) is 0 Å². The molecule has 0 unspecified atom stereocenters. The van der Waals surface area contributed by atoms with E-state index in [0.717, 1.165) is 31.6 Å². The van der Waals surface area contributed by atoms with Crippen LogP contribution in [0.25, 0.3) is 0 Å². The van der Waals surface area contributed by atoms with Crippen LogP contribution in [0.15, 0.2) is 18.2 Å². The summed E-state index contributed by atoms with van der Waals surface area (Å²) in [5.74, 6) is 2.16. The summed E-state index contributed by atoms with van der Waals surface area (Å²) in [6.07, 6.45) is 8.59. The lowest BCUT2D eigenvalue weighted by molar-refractivity contribution is -0.119. The van der Waals surface area contributed by atoms with Crippen LogP contribution >= 0.6 is 0 Å². The van der Waals surface area contributed by atoms with Gasteiger partial charge < -0.3 is 4.74 Å². The summed E-state index contributed by atoms with van der Waals surface area (Å²) in [7, 11) is 0. The highest BCUT2D eigenvalue weighted by Crippen LogP contribution is 2.29. The molecule has 19 heavy (non-hydrogen) atoms. The molecule has 0 saturated heterocycles. The first-order valence-corrected chi connectivity index (χ1v) is 7.57. The van der Waals surface area contributed by atoms with Crippen molar-refractivity contribution in [3.8, 4) is 5.75 Å². The Bertz CT molecular complexity index is 458. The standard InChI is InChI=1S/C17H22O2/c18-16(12-13-3-1-2-4-13)7-5-14-6-8-17-15(11-14)9-10-19-17/h6,8,11,13H,1-5,7,9-10,12H2. The van der Waals surface area contributed by atoms with E-state index in [-0.39, 0.29) is 0 Å². The maximum Gasteiger partial charge on any atom is 0.133 e. The second-order valence-electron chi connectivity index (χ2n) is 5.93. The van der Waals surface area contributed by atoms with E-state index in [0.29, 0.717) is 18.1 Å². The van der Waals surface area contributed by atoms with Gasteiger partial charge >= 0.3 is 0 Å². The van der Waals surface area contributed by atoms with Gasteiger partial charge in [-0.3, -0.25) is 4.79 Å². The highest BCUT2D eigenvalue weighted by atomic mass is 16.5. The number of carbonyl (C=O) groups excluding carboxylic acids is 1. The molecule has 0 N–H and O–H groups in total. The number of hydrogen-bond donors (Lipinski definition) is 0. The fraction of sp³-hybridized carbons (Fsp3) is 0.588. The summed E-state index contributed by atoms with van der Waals surface area (Å²) in [6.45, 7) is 0.805. The average Bonchev–Trinajstić information content (AvgIpc) is 3.06. The highest BCUT2D eigenvalue weighted by Gasteiger charge is 2.18. The molecule has 1 fully saturated rings. The first kappa shape index (κ1) is 12.7. The summed E-state index contributed by atoms with van der Waals surface area (Å²) >= 11 is 0. The van der Waals surface area contributed by atoms with Crippen molar-refractivity contribution in [1.29, 1.82) is 0 Å². The van der Waals surface area contributed by atoms with E-state index in [9.17, 15) is 4.79 Å².